The molecule has 0 saturated heterocycles. The Hall–Kier alpha value is -1.98. The maximum Gasteiger partial charge on any atom is 0.326 e. The number of carbonyl (C=O) groups is 2. The fourth-order valence-corrected chi connectivity index (χ4v) is 8.27. The molecule has 198 valence electrons. The third-order valence-electron chi connectivity index (χ3n) is 9.99. The first-order valence-corrected chi connectivity index (χ1v) is 14.6. The molecule has 0 unspecified atom stereocenters. The van der Waals surface area contributed by atoms with Crippen LogP contribution in [0.25, 0.3) is 0 Å². The van der Waals surface area contributed by atoms with Crippen molar-refractivity contribution in [2.45, 2.75) is 83.3 Å². The summed E-state index contributed by atoms with van der Waals surface area (Å²) >= 11 is 1.54. The normalized spacial score (nSPS) is 39.1. The van der Waals surface area contributed by atoms with Gasteiger partial charge in [-0.3, -0.25) is 4.79 Å². The van der Waals surface area contributed by atoms with Gasteiger partial charge in [0.2, 0.25) is 0 Å². The molecule has 7 nitrogen and oxygen atoms in total. The van der Waals surface area contributed by atoms with E-state index in [4.69, 9.17) is 11.3 Å². The zero-order valence-corrected chi connectivity index (χ0v) is 22.5. The number of carboxylic acid groups (broad SMARTS) is 1. The third kappa shape index (κ3) is 4.69. The van der Waals surface area contributed by atoms with Crippen LogP contribution in [0.4, 0.5) is 0 Å². The summed E-state index contributed by atoms with van der Waals surface area (Å²) in [5.41, 5.74) is 1.21. The summed E-state index contributed by atoms with van der Waals surface area (Å²) in [5, 5.41) is 27.2. The van der Waals surface area contributed by atoms with E-state index in [1.165, 1.54) is 17.3 Å². The van der Waals surface area contributed by atoms with Crippen molar-refractivity contribution in [2.75, 3.05) is 18.6 Å². The molecule has 0 aliphatic heterocycles. The minimum absolute atomic E-state index is 0.115. The van der Waals surface area contributed by atoms with Crippen LogP contribution in [0, 0.1) is 40.9 Å². The standard InChI is InChI=1S/C28H40N2O5S/c1-5-28(34)14-10-22-20-7-6-18-16-19(8-12-26(18,2)21(20)9-13-27(22,28)3)30-35-17-24(31)29-23(25(32)33)11-15-36-4/h1,16,20-23,34H,6-15,17H2,2-4H3,(H,29,31)(H,32,33)/b30-19-/t20-,21+,22+,23+,26+,27+,28-/m1/s1. The van der Waals surface area contributed by atoms with E-state index in [2.05, 4.69) is 36.3 Å². The van der Waals surface area contributed by atoms with Crippen LogP contribution >= 0.6 is 11.8 Å². The van der Waals surface area contributed by atoms with Crippen LogP contribution in [0.1, 0.15) is 71.6 Å². The molecule has 0 aromatic heterocycles. The van der Waals surface area contributed by atoms with E-state index in [0.29, 0.717) is 36.3 Å². The minimum atomic E-state index is -1.04. The zero-order valence-electron chi connectivity index (χ0n) is 21.7. The van der Waals surface area contributed by atoms with Crippen molar-refractivity contribution in [1.82, 2.24) is 5.32 Å². The van der Waals surface area contributed by atoms with Gasteiger partial charge < -0.3 is 20.4 Å². The lowest BCUT2D eigenvalue weighted by atomic mass is 9.46. The number of carbonyl (C=O) groups excluding carboxylic acids is 1. The lowest BCUT2D eigenvalue weighted by Crippen LogP contribution is -2.54. The Morgan fingerprint density at radius 3 is 2.69 bits per heavy atom. The summed E-state index contributed by atoms with van der Waals surface area (Å²) in [6, 6.07) is -0.914. The molecule has 1 amide bonds. The Bertz CT molecular complexity index is 989. The van der Waals surface area contributed by atoms with Gasteiger partial charge in [0.25, 0.3) is 5.91 Å². The number of fused-ring (bicyclic) bond motifs is 5. The summed E-state index contributed by atoms with van der Waals surface area (Å²) in [6.45, 7) is 4.32. The number of nitrogens with zero attached hydrogens (tertiary/aromatic N) is 1. The predicted octanol–water partition coefficient (Wildman–Crippen LogP) is 4.01. The molecule has 3 fully saturated rings. The van der Waals surface area contributed by atoms with Crippen LogP contribution in [-0.4, -0.2) is 58.1 Å². The topological polar surface area (TPSA) is 108 Å². The quantitative estimate of drug-likeness (QED) is 0.332. The van der Waals surface area contributed by atoms with Crippen molar-refractivity contribution in [3.63, 3.8) is 0 Å². The SMILES string of the molecule is C#C[C@@]1(O)CC[C@H]2[C@@H]3CCC4=C/C(=N\OCC(=O)N[C@@H](CCSC)C(=O)O)CC[C@]4(C)[C@H]3CC[C@@]21C. The first-order chi connectivity index (χ1) is 17.1. The maximum absolute atomic E-state index is 12.2. The highest BCUT2D eigenvalue weighted by Gasteiger charge is 2.63. The van der Waals surface area contributed by atoms with Gasteiger partial charge in [-0.1, -0.05) is 30.5 Å². The number of aliphatic hydroxyl groups is 1. The number of terminal acetylenes is 1. The van der Waals surface area contributed by atoms with E-state index in [0.717, 1.165) is 50.7 Å². The van der Waals surface area contributed by atoms with Crippen molar-refractivity contribution >= 4 is 29.4 Å². The lowest BCUT2D eigenvalue weighted by Gasteiger charge is -2.58. The van der Waals surface area contributed by atoms with Gasteiger partial charge in [-0.2, -0.15) is 11.8 Å². The molecule has 3 saturated carbocycles. The molecule has 4 aliphatic rings. The monoisotopic (exact) mass is 516 g/mol. The number of hydrogen-bond donors (Lipinski definition) is 3. The maximum atomic E-state index is 12.2. The van der Waals surface area contributed by atoms with Crippen molar-refractivity contribution in [2.24, 2.45) is 33.7 Å². The van der Waals surface area contributed by atoms with Crippen LogP contribution in [0.3, 0.4) is 0 Å². The van der Waals surface area contributed by atoms with Gasteiger partial charge in [0, 0.05) is 5.41 Å². The smallest absolute Gasteiger partial charge is 0.326 e. The van der Waals surface area contributed by atoms with Crippen molar-refractivity contribution in [1.29, 1.82) is 0 Å². The van der Waals surface area contributed by atoms with Crippen LogP contribution in [0.15, 0.2) is 16.8 Å². The highest BCUT2D eigenvalue weighted by Crippen LogP contribution is 2.67. The van der Waals surface area contributed by atoms with E-state index < -0.39 is 23.5 Å². The average molecular weight is 517 g/mol. The van der Waals surface area contributed by atoms with Gasteiger partial charge in [-0.25, -0.2) is 4.79 Å². The lowest BCUT2D eigenvalue weighted by molar-refractivity contribution is -0.142. The summed E-state index contributed by atoms with van der Waals surface area (Å²) in [7, 11) is 0. The summed E-state index contributed by atoms with van der Waals surface area (Å²) in [4.78, 5) is 28.8. The predicted molar refractivity (Wildman–Crippen MR) is 141 cm³/mol. The molecule has 0 aromatic carbocycles. The molecule has 8 heteroatoms. The second kappa shape index (κ2) is 10.4. The molecule has 4 aliphatic carbocycles. The van der Waals surface area contributed by atoms with Gasteiger partial charge in [-0.05, 0) is 99.0 Å². The zero-order chi connectivity index (χ0) is 26.1. The number of nitrogens with one attached hydrogen (secondary N) is 1. The molecular formula is C28H40N2O5S. The van der Waals surface area contributed by atoms with Crippen LogP contribution in [-0.2, 0) is 14.4 Å². The van der Waals surface area contributed by atoms with Crippen molar-refractivity contribution in [3.8, 4) is 12.3 Å². The Morgan fingerprint density at radius 2 is 2.00 bits per heavy atom. The highest BCUT2D eigenvalue weighted by atomic mass is 32.2. The largest absolute Gasteiger partial charge is 0.480 e. The van der Waals surface area contributed by atoms with Crippen LogP contribution in [0.2, 0.25) is 0 Å². The number of thioether (sulfide) groups is 1. The molecule has 0 heterocycles. The molecule has 3 N–H and O–H groups in total. The number of aliphatic carboxylic acids is 1. The molecule has 0 radical (unpaired) electrons. The fourth-order valence-electron chi connectivity index (χ4n) is 7.80. The Labute approximate surface area is 218 Å². The molecule has 4 rings (SSSR count). The number of carboxylic acids is 1. The summed E-state index contributed by atoms with van der Waals surface area (Å²) < 4.78 is 0. The van der Waals surface area contributed by atoms with Crippen LogP contribution in [0.5, 0.6) is 0 Å². The second-order valence-corrected chi connectivity index (χ2v) is 12.6. The van der Waals surface area contributed by atoms with Gasteiger partial charge in [-0.15, -0.1) is 6.42 Å². The first-order valence-electron chi connectivity index (χ1n) is 13.2. The number of hydrogen-bond acceptors (Lipinski definition) is 6. The third-order valence-corrected chi connectivity index (χ3v) is 10.6. The molecule has 0 spiro atoms. The first kappa shape index (κ1) is 27.1. The Balaban J connectivity index is 1.38. The Kier molecular flexibility index (Phi) is 7.83. The molecule has 7 atom stereocenters. The van der Waals surface area contributed by atoms with Crippen LogP contribution < -0.4 is 5.32 Å². The van der Waals surface area contributed by atoms with E-state index in [1.807, 2.05) is 6.26 Å². The van der Waals surface area contributed by atoms with Gasteiger partial charge in [0.1, 0.15) is 11.6 Å². The Morgan fingerprint density at radius 1 is 1.25 bits per heavy atom. The van der Waals surface area contributed by atoms with Crippen molar-refractivity contribution < 1.29 is 24.6 Å². The van der Waals surface area contributed by atoms with E-state index >= 15 is 0 Å². The second-order valence-electron chi connectivity index (χ2n) is 11.6. The van der Waals surface area contributed by atoms with Gasteiger partial charge in [0.05, 0.1) is 5.71 Å². The molecule has 36 heavy (non-hydrogen) atoms. The number of oxime groups is 1. The van der Waals surface area contributed by atoms with Gasteiger partial charge >= 0.3 is 5.97 Å². The number of amides is 1. The highest BCUT2D eigenvalue weighted by molar-refractivity contribution is 7.98. The fraction of sp³-hybridized carbons (Fsp3) is 0.750. The van der Waals surface area contributed by atoms with Crippen molar-refractivity contribution in [3.05, 3.63) is 11.6 Å². The van der Waals surface area contributed by atoms with E-state index in [1.54, 1.807) is 0 Å². The summed E-state index contributed by atoms with van der Waals surface area (Å²) in [5.74, 6) is 3.53. The number of rotatable bonds is 8. The molecule has 0 aromatic rings. The minimum Gasteiger partial charge on any atom is -0.480 e. The van der Waals surface area contributed by atoms with E-state index in [-0.39, 0.29) is 17.4 Å². The van der Waals surface area contributed by atoms with E-state index in [9.17, 15) is 19.8 Å². The molecule has 0 bridgehead atoms. The average Bonchev–Trinajstić information content (AvgIpc) is 3.12. The summed E-state index contributed by atoms with van der Waals surface area (Å²) in [6.07, 6.45) is 17.9. The van der Waals surface area contributed by atoms with Gasteiger partial charge in [0.15, 0.2) is 6.61 Å². The number of allylic oxidation sites excluding steroid dienone is 2. The molecular weight excluding hydrogens is 476 g/mol.